The predicted octanol–water partition coefficient (Wildman–Crippen LogP) is -1.25. The van der Waals surface area contributed by atoms with Crippen molar-refractivity contribution in [3.63, 3.8) is 0 Å². The third-order valence-electron chi connectivity index (χ3n) is 3.38. The van der Waals surface area contributed by atoms with Crippen LogP contribution in [0, 0.1) is 0 Å². The fourth-order valence-electron chi connectivity index (χ4n) is 2.23. The number of aliphatic hydroxyl groups excluding tert-OH is 2. The standard InChI is InChI=1S/C14H18N2O7/c1-2-22-12(19)4-3-8-6-16(14(21)15-13(8)20)11-5-9(18)10(7-17)23-11/h3-4,6,9-11,17-18H,2,5,7H2,1H3,(H,15,20,21)/b4-3+/t9-,10+,11+/m0/s1. The van der Waals surface area contributed by atoms with Crippen molar-refractivity contribution in [2.24, 2.45) is 0 Å². The highest BCUT2D eigenvalue weighted by Crippen LogP contribution is 2.27. The third-order valence-corrected chi connectivity index (χ3v) is 3.38. The number of carbonyl (C=O) groups excluding carboxylic acids is 1. The van der Waals surface area contributed by atoms with Crippen LogP contribution in [-0.4, -0.2) is 51.2 Å². The van der Waals surface area contributed by atoms with E-state index in [2.05, 4.69) is 4.98 Å². The second kappa shape index (κ2) is 7.36. The molecule has 23 heavy (non-hydrogen) atoms. The molecule has 1 fully saturated rings. The van der Waals surface area contributed by atoms with Crippen molar-refractivity contribution in [1.82, 2.24) is 9.55 Å². The van der Waals surface area contributed by atoms with Crippen LogP contribution >= 0.6 is 0 Å². The van der Waals surface area contributed by atoms with Crippen LogP contribution in [-0.2, 0) is 14.3 Å². The van der Waals surface area contributed by atoms with Crippen molar-refractivity contribution in [3.05, 3.63) is 38.7 Å². The molecule has 1 aromatic rings. The molecule has 126 valence electrons. The maximum atomic E-state index is 11.9. The van der Waals surface area contributed by atoms with Crippen molar-refractivity contribution < 1.29 is 24.5 Å². The number of esters is 1. The summed E-state index contributed by atoms with van der Waals surface area (Å²) in [6, 6.07) is 0. The Hall–Kier alpha value is -2.23. The number of H-pyrrole nitrogens is 1. The number of aromatic amines is 1. The largest absolute Gasteiger partial charge is 0.463 e. The van der Waals surface area contributed by atoms with E-state index in [0.29, 0.717) is 0 Å². The van der Waals surface area contributed by atoms with Crippen molar-refractivity contribution in [1.29, 1.82) is 0 Å². The Morgan fingerprint density at radius 2 is 2.30 bits per heavy atom. The van der Waals surface area contributed by atoms with Crippen LogP contribution in [0.5, 0.6) is 0 Å². The van der Waals surface area contributed by atoms with E-state index in [0.717, 1.165) is 10.6 Å². The van der Waals surface area contributed by atoms with Gasteiger partial charge in [0.2, 0.25) is 0 Å². The second-order valence-corrected chi connectivity index (χ2v) is 4.95. The number of ether oxygens (including phenoxy) is 2. The maximum absolute atomic E-state index is 11.9. The number of nitrogens with zero attached hydrogens (tertiary/aromatic N) is 1. The SMILES string of the molecule is CCOC(=O)/C=C/c1cn([C@H]2C[C@H](O)[C@@H](CO)O2)c(=O)[nH]c1=O. The van der Waals surface area contributed by atoms with Crippen LogP contribution in [0.3, 0.4) is 0 Å². The Balaban J connectivity index is 2.29. The van der Waals surface area contributed by atoms with Gasteiger partial charge in [0.1, 0.15) is 12.3 Å². The van der Waals surface area contributed by atoms with Gasteiger partial charge < -0.3 is 19.7 Å². The Bertz CT molecular complexity index is 706. The number of nitrogens with one attached hydrogen (secondary N) is 1. The first-order chi connectivity index (χ1) is 11.0. The predicted molar refractivity (Wildman–Crippen MR) is 78.6 cm³/mol. The smallest absolute Gasteiger partial charge is 0.330 e. The van der Waals surface area contributed by atoms with E-state index in [4.69, 9.17) is 14.6 Å². The fraction of sp³-hybridized carbons (Fsp3) is 0.500. The number of aromatic nitrogens is 2. The van der Waals surface area contributed by atoms with Crippen LogP contribution in [0.25, 0.3) is 6.08 Å². The normalized spacial score (nSPS) is 24.2. The molecule has 3 N–H and O–H groups in total. The molecule has 0 bridgehead atoms. The summed E-state index contributed by atoms with van der Waals surface area (Å²) in [7, 11) is 0. The van der Waals surface area contributed by atoms with Gasteiger partial charge in [0.25, 0.3) is 5.56 Å². The van der Waals surface area contributed by atoms with Crippen LogP contribution in [0.2, 0.25) is 0 Å². The molecule has 1 saturated heterocycles. The van der Waals surface area contributed by atoms with Gasteiger partial charge in [-0.15, -0.1) is 0 Å². The Labute approximate surface area is 130 Å². The zero-order chi connectivity index (χ0) is 17.0. The number of aliphatic hydroxyl groups is 2. The Morgan fingerprint density at radius 1 is 1.57 bits per heavy atom. The molecule has 1 aliphatic rings. The lowest BCUT2D eigenvalue weighted by Crippen LogP contribution is -2.33. The molecule has 0 aliphatic carbocycles. The highest BCUT2D eigenvalue weighted by molar-refractivity contribution is 5.86. The first-order valence-corrected chi connectivity index (χ1v) is 7.11. The average molecular weight is 326 g/mol. The minimum Gasteiger partial charge on any atom is -0.463 e. The molecule has 0 saturated carbocycles. The molecule has 9 nitrogen and oxygen atoms in total. The molecule has 0 aromatic carbocycles. The molecular weight excluding hydrogens is 308 g/mol. The Morgan fingerprint density at radius 3 is 2.91 bits per heavy atom. The van der Waals surface area contributed by atoms with Gasteiger partial charge in [0, 0.05) is 18.7 Å². The van der Waals surface area contributed by atoms with E-state index in [1.54, 1.807) is 6.92 Å². The van der Waals surface area contributed by atoms with Gasteiger partial charge >= 0.3 is 11.7 Å². The first kappa shape index (κ1) is 17.1. The van der Waals surface area contributed by atoms with Gasteiger partial charge in [-0.25, -0.2) is 9.59 Å². The molecule has 0 amide bonds. The topological polar surface area (TPSA) is 131 Å². The zero-order valence-corrected chi connectivity index (χ0v) is 12.5. The lowest BCUT2D eigenvalue weighted by molar-refractivity contribution is -0.137. The summed E-state index contributed by atoms with van der Waals surface area (Å²) in [6.07, 6.45) is 1.10. The second-order valence-electron chi connectivity index (χ2n) is 4.95. The van der Waals surface area contributed by atoms with Crippen LogP contribution in [0.1, 0.15) is 25.1 Å². The quantitative estimate of drug-likeness (QED) is 0.455. The van der Waals surface area contributed by atoms with E-state index >= 15 is 0 Å². The average Bonchev–Trinajstić information content (AvgIpc) is 2.87. The van der Waals surface area contributed by atoms with Crippen molar-refractivity contribution in [2.75, 3.05) is 13.2 Å². The van der Waals surface area contributed by atoms with Crippen LogP contribution < -0.4 is 11.2 Å². The number of hydrogen-bond donors (Lipinski definition) is 3. The Kier molecular flexibility index (Phi) is 5.48. The minimum atomic E-state index is -0.914. The van der Waals surface area contributed by atoms with Gasteiger partial charge in [-0.3, -0.25) is 14.3 Å². The monoisotopic (exact) mass is 326 g/mol. The van der Waals surface area contributed by atoms with E-state index < -0.39 is 35.7 Å². The number of hydrogen-bond acceptors (Lipinski definition) is 7. The molecule has 3 atom stereocenters. The molecule has 1 aromatic heterocycles. The summed E-state index contributed by atoms with van der Waals surface area (Å²) in [5, 5.41) is 18.8. The lowest BCUT2D eigenvalue weighted by atomic mass is 10.2. The molecule has 2 heterocycles. The van der Waals surface area contributed by atoms with Crippen LogP contribution in [0.15, 0.2) is 21.9 Å². The molecule has 0 unspecified atom stereocenters. The minimum absolute atomic E-state index is 0.0585. The molecule has 1 aliphatic heterocycles. The number of carbonyl (C=O) groups is 1. The third kappa shape index (κ3) is 3.95. The summed E-state index contributed by atoms with van der Waals surface area (Å²) < 4.78 is 11.2. The summed E-state index contributed by atoms with van der Waals surface area (Å²) in [5.41, 5.74) is -1.31. The lowest BCUT2D eigenvalue weighted by Gasteiger charge is -2.14. The van der Waals surface area contributed by atoms with Crippen molar-refractivity contribution in [3.8, 4) is 0 Å². The zero-order valence-electron chi connectivity index (χ0n) is 12.5. The van der Waals surface area contributed by atoms with Crippen LogP contribution in [0.4, 0.5) is 0 Å². The summed E-state index contributed by atoms with van der Waals surface area (Å²) >= 11 is 0. The van der Waals surface area contributed by atoms with Crippen molar-refractivity contribution >= 4 is 12.0 Å². The van der Waals surface area contributed by atoms with E-state index in [1.807, 2.05) is 0 Å². The van der Waals surface area contributed by atoms with Crippen molar-refractivity contribution in [2.45, 2.75) is 31.8 Å². The van der Waals surface area contributed by atoms with E-state index in [9.17, 15) is 19.5 Å². The summed E-state index contributed by atoms with van der Waals surface area (Å²) in [5.74, 6) is -0.613. The van der Waals surface area contributed by atoms with Gasteiger partial charge in [-0.1, -0.05) is 0 Å². The highest BCUT2D eigenvalue weighted by atomic mass is 16.5. The maximum Gasteiger partial charge on any atom is 0.330 e. The molecule has 9 heteroatoms. The molecule has 0 spiro atoms. The van der Waals surface area contributed by atoms with Gasteiger partial charge in [0.15, 0.2) is 0 Å². The summed E-state index contributed by atoms with van der Waals surface area (Å²) in [6.45, 7) is 1.47. The van der Waals surface area contributed by atoms with Gasteiger partial charge in [-0.05, 0) is 13.0 Å². The van der Waals surface area contributed by atoms with Gasteiger partial charge in [0.05, 0.1) is 24.9 Å². The van der Waals surface area contributed by atoms with Gasteiger partial charge in [-0.2, -0.15) is 0 Å². The molecular formula is C14H18N2O7. The summed E-state index contributed by atoms with van der Waals surface area (Å²) in [4.78, 5) is 37.0. The molecule has 2 rings (SSSR count). The van der Waals surface area contributed by atoms with E-state index in [-0.39, 0.29) is 25.2 Å². The van der Waals surface area contributed by atoms with E-state index in [1.165, 1.54) is 12.3 Å². The highest BCUT2D eigenvalue weighted by Gasteiger charge is 2.35. The first-order valence-electron chi connectivity index (χ1n) is 7.11. The number of rotatable bonds is 5. The molecule has 0 radical (unpaired) electrons. The fourth-order valence-corrected chi connectivity index (χ4v) is 2.23.